The summed E-state index contributed by atoms with van der Waals surface area (Å²) < 4.78 is 4.93. The molecular formula is C14H21N3OS. The summed E-state index contributed by atoms with van der Waals surface area (Å²) >= 11 is 5.11. The largest absolute Gasteiger partial charge is 0.383 e. The molecule has 0 radical (unpaired) electrons. The van der Waals surface area contributed by atoms with Crippen molar-refractivity contribution in [3.63, 3.8) is 0 Å². The van der Waals surface area contributed by atoms with Gasteiger partial charge >= 0.3 is 0 Å². The minimum Gasteiger partial charge on any atom is -0.383 e. The molecule has 0 bridgehead atoms. The first kappa shape index (κ1) is 15.6. The van der Waals surface area contributed by atoms with Gasteiger partial charge in [-0.15, -0.1) is 0 Å². The lowest BCUT2D eigenvalue weighted by atomic mass is 10.1. The minimum absolute atomic E-state index is 0.524. The Bertz CT molecular complexity index is 406. The van der Waals surface area contributed by atoms with Crippen molar-refractivity contribution in [1.82, 2.24) is 10.7 Å². The molecule has 104 valence electrons. The molecule has 1 aromatic rings. The summed E-state index contributed by atoms with van der Waals surface area (Å²) in [6, 6.07) is 10.3. The number of methoxy groups -OCH3 is 1. The Hall–Kier alpha value is -1.46. The monoisotopic (exact) mass is 279 g/mol. The molecule has 5 heteroatoms. The second-order valence-corrected chi connectivity index (χ2v) is 4.46. The molecule has 1 rings (SSSR count). The van der Waals surface area contributed by atoms with E-state index in [2.05, 4.69) is 34.9 Å². The van der Waals surface area contributed by atoms with Gasteiger partial charge < -0.3 is 10.1 Å². The van der Waals surface area contributed by atoms with Gasteiger partial charge in [0.25, 0.3) is 0 Å². The number of rotatable bonds is 7. The van der Waals surface area contributed by atoms with Gasteiger partial charge in [0.1, 0.15) is 0 Å². The number of nitrogens with zero attached hydrogens (tertiary/aromatic N) is 1. The molecule has 0 aliphatic carbocycles. The molecule has 0 aliphatic heterocycles. The Labute approximate surface area is 120 Å². The molecule has 0 amide bonds. The highest BCUT2D eigenvalue weighted by Crippen LogP contribution is 2.02. The molecule has 0 spiro atoms. The van der Waals surface area contributed by atoms with Gasteiger partial charge in [-0.25, -0.2) is 0 Å². The first-order chi connectivity index (χ1) is 9.26. The molecule has 2 N–H and O–H groups in total. The lowest BCUT2D eigenvalue weighted by Crippen LogP contribution is -2.34. The van der Waals surface area contributed by atoms with Crippen LogP contribution >= 0.6 is 12.2 Å². The third kappa shape index (κ3) is 6.88. The number of thiocarbonyl (C=S) groups is 1. The lowest BCUT2D eigenvalue weighted by Gasteiger charge is -2.08. The lowest BCUT2D eigenvalue weighted by molar-refractivity contribution is 0.204. The van der Waals surface area contributed by atoms with Crippen LogP contribution in [0.15, 0.2) is 35.4 Å². The highest BCUT2D eigenvalue weighted by molar-refractivity contribution is 7.80. The molecule has 19 heavy (non-hydrogen) atoms. The number of hydrogen-bond donors (Lipinski definition) is 2. The summed E-state index contributed by atoms with van der Waals surface area (Å²) in [5.41, 5.74) is 5.19. The molecule has 0 aromatic heterocycles. The Morgan fingerprint density at radius 1 is 1.32 bits per heavy atom. The van der Waals surface area contributed by atoms with Gasteiger partial charge in [0.15, 0.2) is 5.11 Å². The average molecular weight is 279 g/mol. The molecule has 0 aliphatic rings. The SMILES string of the molecule is CC/C(Cc1ccccc1)=N\NC(=S)NCCOC. The van der Waals surface area contributed by atoms with Crippen molar-refractivity contribution in [2.45, 2.75) is 19.8 Å². The highest BCUT2D eigenvalue weighted by Gasteiger charge is 2.00. The standard InChI is InChI=1S/C14H21N3OS/c1-3-13(11-12-7-5-4-6-8-12)16-17-14(19)15-9-10-18-2/h4-8H,3,9-11H2,1-2H3,(H2,15,17,19)/b16-13+. The van der Waals surface area contributed by atoms with Gasteiger partial charge in [0.2, 0.25) is 0 Å². The topological polar surface area (TPSA) is 45.7 Å². The van der Waals surface area contributed by atoms with Crippen molar-refractivity contribution in [3.05, 3.63) is 35.9 Å². The van der Waals surface area contributed by atoms with Crippen LogP contribution < -0.4 is 10.7 Å². The Balaban J connectivity index is 2.41. The van der Waals surface area contributed by atoms with Crippen LogP contribution in [0.1, 0.15) is 18.9 Å². The highest BCUT2D eigenvalue weighted by atomic mass is 32.1. The van der Waals surface area contributed by atoms with E-state index in [0.717, 1.165) is 18.6 Å². The van der Waals surface area contributed by atoms with Crippen LogP contribution in [0.3, 0.4) is 0 Å². The van der Waals surface area contributed by atoms with E-state index in [1.165, 1.54) is 5.56 Å². The molecular weight excluding hydrogens is 258 g/mol. The summed E-state index contributed by atoms with van der Waals surface area (Å²) in [5, 5.41) is 7.88. The van der Waals surface area contributed by atoms with Crippen LogP contribution in [0.25, 0.3) is 0 Å². The molecule has 0 heterocycles. The third-order valence-electron chi connectivity index (χ3n) is 2.57. The van der Waals surface area contributed by atoms with Crippen molar-refractivity contribution in [1.29, 1.82) is 0 Å². The number of hydrogen-bond acceptors (Lipinski definition) is 3. The normalized spacial score (nSPS) is 11.2. The third-order valence-corrected chi connectivity index (χ3v) is 2.80. The van der Waals surface area contributed by atoms with E-state index in [4.69, 9.17) is 17.0 Å². The fourth-order valence-electron chi connectivity index (χ4n) is 1.51. The predicted molar refractivity (Wildman–Crippen MR) is 83.5 cm³/mol. The maximum atomic E-state index is 5.11. The summed E-state index contributed by atoms with van der Waals surface area (Å²) in [6.45, 7) is 3.39. The van der Waals surface area contributed by atoms with Crippen molar-refractivity contribution >= 4 is 23.0 Å². The summed E-state index contributed by atoms with van der Waals surface area (Å²) in [6.07, 6.45) is 1.73. The maximum Gasteiger partial charge on any atom is 0.187 e. The second kappa shape index (κ2) is 9.47. The zero-order valence-electron chi connectivity index (χ0n) is 11.5. The van der Waals surface area contributed by atoms with Crippen LogP contribution in [0.2, 0.25) is 0 Å². The predicted octanol–water partition coefficient (Wildman–Crippen LogP) is 2.11. The van der Waals surface area contributed by atoms with Crippen molar-refractivity contribution in [2.24, 2.45) is 5.10 Å². The number of benzene rings is 1. The van der Waals surface area contributed by atoms with E-state index in [0.29, 0.717) is 18.3 Å². The molecule has 0 saturated carbocycles. The summed E-state index contributed by atoms with van der Waals surface area (Å²) in [5.74, 6) is 0. The van der Waals surface area contributed by atoms with Crippen LogP contribution in [0.4, 0.5) is 0 Å². The Kier molecular flexibility index (Phi) is 7.77. The van der Waals surface area contributed by atoms with Gasteiger partial charge in [-0.1, -0.05) is 37.3 Å². The van der Waals surface area contributed by atoms with Gasteiger partial charge in [0, 0.05) is 25.8 Å². The fraction of sp³-hybridized carbons (Fsp3) is 0.429. The average Bonchev–Trinajstić information content (AvgIpc) is 2.45. The molecule has 1 aromatic carbocycles. The second-order valence-electron chi connectivity index (χ2n) is 4.05. The fourth-order valence-corrected chi connectivity index (χ4v) is 1.66. The van der Waals surface area contributed by atoms with Crippen LogP contribution in [0, 0.1) is 0 Å². The van der Waals surface area contributed by atoms with E-state index < -0.39 is 0 Å². The first-order valence-electron chi connectivity index (χ1n) is 6.38. The number of hydrazone groups is 1. The van der Waals surface area contributed by atoms with Crippen molar-refractivity contribution < 1.29 is 4.74 Å². The van der Waals surface area contributed by atoms with Gasteiger partial charge in [0.05, 0.1) is 6.61 Å². The van der Waals surface area contributed by atoms with Crippen LogP contribution in [-0.2, 0) is 11.2 Å². The van der Waals surface area contributed by atoms with Crippen LogP contribution in [0.5, 0.6) is 0 Å². The van der Waals surface area contributed by atoms with Gasteiger partial charge in [-0.2, -0.15) is 5.10 Å². The Morgan fingerprint density at radius 3 is 2.68 bits per heavy atom. The summed E-state index contributed by atoms with van der Waals surface area (Å²) in [7, 11) is 1.66. The van der Waals surface area contributed by atoms with E-state index in [1.807, 2.05) is 18.2 Å². The van der Waals surface area contributed by atoms with E-state index >= 15 is 0 Å². The van der Waals surface area contributed by atoms with Gasteiger partial charge in [-0.3, -0.25) is 5.43 Å². The Morgan fingerprint density at radius 2 is 2.05 bits per heavy atom. The zero-order valence-corrected chi connectivity index (χ0v) is 12.3. The molecule has 0 atom stereocenters. The minimum atomic E-state index is 0.524. The molecule has 0 fully saturated rings. The van der Waals surface area contributed by atoms with Crippen molar-refractivity contribution in [3.8, 4) is 0 Å². The van der Waals surface area contributed by atoms with Crippen molar-refractivity contribution in [2.75, 3.05) is 20.3 Å². The van der Waals surface area contributed by atoms with Crippen LogP contribution in [-0.4, -0.2) is 31.1 Å². The number of ether oxygens (including phenoxy) is 1. The summed E-state index contributed by atoms with van der Waals surface area (Å²) in [4.78, 5) is 0. The zero-order chi connectivity index (χ0) is 13.9. The number of nitrogens with one attached hydrogen (secondary N) is 2. The molecule has 4 nitrogen and oxygen atoms in total. The quantitative estimate of drug-likeness (QED) is 0.347. The first-order valence-corrected chi connectivity index (χ1v) is 6.79. The van der Waals surface area contributed by atoms with E-state index in [9.17, 15) is 0 Å². The molecule has 0 saturated heterocycles. The van der Waals surface area contributed by atoms with E-state index in [-0.39, 0.29) is 0 Å². The molecule has 0 unspecified atom stereocenters. The maximum absolute atomic E-state index is 5.11. The van der Waals surface area contributed by atoms with Gasteiger partial charge in [-0.05, 0) is 24.2 Å². The smallest absolute Gasteiger partial charge is 0.187 e. The van der Waals surface area contributed by atoms with E-state index in [1.54, 1.807) is 7.11 Å².